The molecule has 0 aliphatic carbocycles. The highest BCUT2D eigenvalue weighted by atomic mass is 16.2. The maximum Gasteiger partial charge on any atom is 0.346 e. The lowest BCUT2D eigenvalue weighted by Gasteiger charge is -2.28. The highest BCUT2D eigenvalue weighted by Gasteiger charge is 2.41. The maximum atomic E-state index is 12.9. The van der Waals surface area contributed by atoms with E-state index in [0.29, 0.717) is 32.0 Å². The van der Waals surface area contributed by atoms with Crippen molar-refractivity contribution in [2.24, 2.45) is 5.92 Å². The first kappa shape index (κ1) is 18.8. The number of hydrogen-bond acceptors (Lipinski definition) is 3. The Morgan fingerprint density at radius 1 is 1.21 bits per heavy atom. The van der Waals surface area contributed by atoms with E-state index in [0.717, 1.165) is 30.7 Å². The molecule has 1 aromatic heterocycles. The molecule has 150 valence electrons. The number of nitrogens with zero attached hydrogens (tertiary/aromatic N) is 4. The molecule has 2 unspecified atom stereocenters. The van der Waals surface area contributed by atoms with Gasteiger partial charge in [-0.05, 0) is 30.7 Å². The first-order chi connectivity index (χ1) is 13.5. The molecule has 1 aromatic carbocycles. The average Bonchev–Trinajstić information content (AvgIpc) is 3.12. The maximum absolute atomic E-state index is 12.9. The van der Waals surface area contributed by atoms with Crippen molar-refractivity contribution in [3.05, 3.63) is 52.2 Å². The molecule has 1 fully saturated rings. The van der Waals surface area contributed by atoms with Crippen LogP contribution in [-0.2, 0) is 19.5 Å². The van der Waals surface area contributed by atoms with Crippen molar-refractivity contribution < 1.29 is 4.79 Å². The van der Waals surface area contributed by atoms with Crippen molar-refractivity contribution in [2.75, 3.05) is 6.54 Å². The molecule has 0 spiro atoms. The highest BCUT2D eigenvalue weighted by Crippen LogP contribution is 2.30. The average molecular weight is 383 g/mol. The molecule has 2 amide bonds. The molecule has 2 bridgehead atoms. The fourth-order valence-electron chi connectivity index (χ4n) is 4.33. The summed E-state index contributed by atoms with van der Waals surface area (Å²) in [6, 6.07) is 10.1. The Kier molecular flexibility index (Phi) is 5.24. The highest BCUT2D eigenvalue weighted by molar-refractivity contribution is 5.75. The van der Waals surface area contributed by atoms with E-state index in [1.807, 2.05) is 35.2 Å². The lowest BCUT2D eigenvalue weighted by Crippen LogP contribution is -2.48. The van der Waals surface area contributed by atoms with Crippen LogP contribution >= 0.6 is 0 Å². The summed E-state index contributed by atoms with van der Waals surface area (Å²) < 4.78 is 3.34. The fourth-order valence-corrected chi connectivity index (χ4v) is 4.33. The Bertz CT molecular complexity index is 886. The zero-order valence-electron chi connectivity index (χ0n) is 16.7. The lowest BCUT2D eigenvalue weighted by molar-refractivity contribution is 0.170. The molecule has 28 heavy (non-hydrogen) atoms. The quantitative estimate of drug-likeness (QED) is 0.861. The van der Waals surface area contributed by atoms with E-state index in [1.165, 1.54) is 0 Å². The number of nitrogens with one attached hydrogen (secondary N) is 1. The monoisotopic (exact) mass is 383 g/mol. The van der Waals surface area contributed by atoms with Gasteiger partial charge in [-0.1, -0.05) is 44.2 Å². The molecule has 3 heterocycles. The first-order valence-electron chi connectivity index (χ1n) is 10.3. The third kappa shape index (κ3) is 3.70. The van der Waals surface area contributed by atoms with E-state index in [9.17, 15) is 9.59 Å². The van der Waals surface area contributed by atoms with Crippen LogP contribution in [0.3, 0.4) is 0 Å². The summed E-state index contributed by atoms with van der Waals surface area (Å²) in [5.74, 6) is 1.36. The van der Waals surface area contributed by atoms with Gasteiger partial charge in [0.1, 0.15) is 5.82 Å². The molecule has 7 nitrogen and oxygen atoms in total. The van der Waals surface area contributed by atoms with Crippen LogP contribution in [-0.4, -0.2) is 43.9 Å². The number of fused-ring (bicyclic) bond motifs is 3. The molecular weight excluding hydrogens is 354 g/mol. The minimum Gasteiger partial charge on any atom is -0.338 e. The minimum atomic E-state index is -0.0773. The van der Waals surface area contributed by atoms with Crippen molar-refractivity contribution in [2.45, 2.75) is 64.7 Å². The SMILES string of the molecule is CC(C)CCNC(=O)N1C2CCC1Cn1c(nn(Cc3ccccc3)c1=O)C2. The number of rotatable bonds is 5. The lowest BCUT2D eigenvalue weighted by atomic mass is 10.1. The van der Waals surface area contributed by atoms with E-state index in [1.54, 1.807) is 9.25 Å². The van der Waals surface area contributed by atoms with Gasteiger partial charge in [0, 0.05) is 25.6 Å². The van der Waals surface area contributed by atoms with E-state index >= 15 is 0 Å². The Balaban J connectivity index is 1.50. The second-order valence-corrected chi connectivity index (χ2v) is 8.36. The summed E-state index contributed by atoms with van der Waals surface area (Å²) in [5, 5.41) is 7.68. The van der Waals surface area contributed by atoms with E-state index in [4.69, 9.17) is 0 Å². The van der Waals surface area contributed by atoms with Crippen LogP contribution in [0, 0.1) is 5.92 Å². The summed E-state index contributed by atoms with van der Waals surface area (Å²) in [7, 11) is 0. The summed E-state index contributed by atoms with van der Waals surface area (Å²) in [6.45, 7) is 6.02. The number of amides is 2. The molecule has 1 saturated heterocycles. The van der Waals surface area contributed by atoms with Crippen LogP contribution in [0.4, 0.5) is 4.79 Å². The molecule has 0 saturated carbocycles. The van der Waals surface area contributed by atoms with Crippen molar-refractivity contribution >= 4 is 6.03 Å². The van der Waals surface area contributed by atoms with Gasteiger partial charge in [0.2, 0.25) is 0 Å². The van der Waals surface area contributed by atoms with Gasteiger partial charge in [0.25, 0.3) is 0 Å². The van der Waals surface area contributed by atoms with Gasteiger partial charge in [-0.3, -0.25) is 4.57 Å². The van der Waals surface area contributed by atoms with Crippen LogP contribution in [0.1, 0.15) is 44.5 Å². The zero-order chi connectivity index (χ0) is 19.7. The third-order valence-corrected chi connectivity index (χ3v) is 5.84. The van der Waals surface area contributed by atoms with Gasteiger partial charge in [-0.2, -0.15) is 5.10 Å². The van der Waals surface area contributed by atoms with Crippen LogP contribution in [0.15, 0.2) is 35.1 Å². The predicted molar refractivity (Wildman–Crippen MR) is 107 cm³/mol. The number of hydrogen-bond donors (Lipinski definition) is 1. The number of carbonyl (C=O) groups is 1. The summed E-state index contributed by atoms with van der Waals surface area (Å²) >= 11 is 0. The predicted octanol–water partition coefficient (Wildman–Crippen LogP) is 2.24. The van der Waals surface area contributed by atoms with Crippen LogP contribution in [0.5, 0.6) is 0 Å². The van der Waals surface area contributed by atoms with Gasteiger partial charge in [-0.25, -0.2) is 14.3 Å². The summed E-state index contributed by atoms with van der Waals surface area (Å²) in [6.07, 6.45) is 3.53. The van der Waals surface area contributed by atoms with Crippen LogP contribution in [0.2, 0.25) is 0 Å². The molecule has 0 radical (unpaired) electrons. The largest absolute Gasteiger partial charge is 0.346 e. The first-order valence-corrected chi connectivity index (χ1v) is 10.3. The molecule has 1 N–H and O–H groups in total. The molecule has 7 heteroatoms. The van der Waals surface area contributed by atoms with E-state index in [-0.39, 0.29) is 23.8 Å². The van der Waals surface area contributed by atoms with Gasteiger partial charge >= 0.3 is 11.7 Å². The second-order valence-electron chi connectivity index (χ2n) is 8.36. The van der Waals surface area contributed by atoms with Crippen molar-refractivity contribution in [1.82, 2.24) is 24.6 Å². The van der Waals surface area contributed by atoms with Gasteiger partial charge in [0.15, 0.2) is 0 Å². The minimum absolute atomic E-state index is 0.00325. The van der Waals surface area contributed by atoms with Crippen molar-refractivity contribution in [1.29, 1.82) is 0 Å². The molecule has 2 atom stereocenters. The second kappa shape index (κ2) is 7.81. The number of benzene rings is 1. The number of aromatic nitrogens is 3. The molecule has 2 aliphatic heterocycles. The van der Waals surface area contributed by atoms with Crippen LogP contribution in [0.25, 0.3) is 0 Å². The number of urea groups is 1. The topological polar surface area (TPSA) is 72.2 Å². The Hall–Kier alpha value is -2.57. The normalized spacial score (nSPS) is 20.9. The van der Waals surface area contributed by atoms with Crippen molar-refractivity contribution in [3.63, 3.8) is 0 Å². The van der Waals surface area contributed by atoms with Crippen molar-refractivity contribution in [3.8, 4) is 0 Å². The third-order valence-electron chi connectivity index (χ3n) is 5.84. The van der Waals surface area contributed by atoms with Gasteiger partial charge in [-0.15, -0.1) is 0 Å². The number of carbonyl (C=O) groups excluding carboxylic acids is 1. The van der Waals surface area contributed by atoms with E-state index in [2.05, 4.69) is 24.3 Å². The standard InChI is InChI=1S/C21H29N5O2/c1-15(2)10-11-22-20(27)26-17-8-9-18(26)14-24-19(12-17)23-25(21(24)28)13-16-6-4-3-5-7-16/h3-7,15,17-18H,8-14H2,1-2H3,(H,22,27). The summed E-state index contributed by atoms with van der Waals surface area (Å²) in [4.78, 5) is 27.6. The van der Waals surface area contributed by atoms with E-state index < -0.39 is 0 Å². The Morgan fingerprint density at radius 2 is 1.96 bits per heavy atom. The van der Waals surface area contributed by atoms with Gasteiger partial charge in [0.05, 0.1) is 12.6 Å². The molecule has 2 aliphatic rings. The molecule has 4 rings (SSSR count). The fraction of sp³-hybridized carbons (Fsp3) is 0.571. The van der Waals surface area contributed by atoms with Crippen LogP contribution < -0.4 is 11.0 Å². The smallest absolute Gasteiger partial charge is 0.338 e. The zero-order valence-corrected chi connectivity index (χ0v) is 16.7. The van der Waals surface area contributed by atoms with Gasteiger partial charge < -0.3 is 10.2 Å². The Labute approximate surface area is 165 Å². The summed E-state index contributed by atoms with van der Waals surface area (Å²) in [5.41, 5.74) is 0.985. The molecular formula is C21H29N5O2. The Morgan fingerprint density at radius 3 is 2.71 bits per heavy atom. The molecule has 2 aromatic rings.